The number of methoxy groups -OCH3 is 6. The predicted octanol–water partition coefficient (Wildman–Crippen LogP) is 18.7. The van der Waals surface area contributed by atoms with E-state index in [1.165, 1.54) is 39.4 Å². The number of thioether (sulfide) groups is 1. The number of thiocyanates is 1. The molecule has 12 aromatic rings. The van der Waals surface area contributed by atoms with E-state index in [0.29, 0.717) is 65.1 Å². The van der Waals surface area contributed by atoms with Gasteiger partial charge < -0.3 is 76.0 Å². The number of nitriles is 1. The maximum atomic E-state index is 12.5. The number of aryl methyl sites for hydroxylation is 6. The summed E-state index contributed by atoms with van der Waals surface area (Å²) >= 11 is 26.8. The lowest BCUT2D eigenvalue weighted by atomic mass is 9.93. The number of nitrogens with one attached hydrogen (secondary N) is 9. The molecule has 12 rings (SSSR count). The molecule has 0 radical (unpaired) electrons. The number of benzene rings is 10. The van der Waals surface area contributed by atoms with Gasteiger partial charge in [0.25, 0.3) is 5.91 Å². The first-order valence-electron chi connectivity index (χ1n) is 40.1. The molecule has 0 bridgehead atoms. The van der Waals surface area contributed by atoms with E-state index in [0.717, 1.165) is 113 Å². The minimum atomic E-state index is -0.843. The number of thiocarbonyl (C=S) groups is 3. The number of carboxylic acid groups (broad SMARTS) is 1. The Morgan fingerprint density at radius 1 is 0.423 bits per heavy atom. The van der Waals surface area contributed by atoms with Crippen LogP contribution in [0.4, 0.5) is 17.1 Å². The number of aromatic amines is 2. The minimum absolute atomic E-state index is 0. The molecule has 0 fully saturated rings. The molecule has 0 aliphatic carbocycles. The quantitative estimate of drug-likeness (QED) is 0.0111. The van der Waals surface area contributed by atoms with E-state index in [2.05, 4.69) is 144 Å². The zero-order valence-electron chi connectivity index (χ0n) is 76.4. The van der Waals surface area contributed by atoms with Crippen molar-refractivity contribution in [3.63, 3.8) is 0 Å². The monoisotopic (exact) mass is 1880 g/mol. The number of carbonyl (C=O) groups excluding carboxylic acids is 1. The van der Waals surface area contributed by atoms with Crippen molar-refractivity contribution in [3.05, 3.63) is 270 Å². The average Bonchev–Trinajstić information content (AvgIpc) is 1.64. The number of nitrogens with two attached hydrogens (primary N) is 4. The number of nitrogens with zero attached hydrogens (tertiary/aromatic N) is 5. The fraction of sp³-hybridized carbons (Fsp3) is 0.255. The van der Waals surface area contributed by atoms with Crippen molar-refractivity contribution in [1.29, 1.82) is 5.26 Å². The van der Waals surface area contributed by atoms with Gasteiger partial charge in [0.2, 0.25) is 0 Å². The number of aromatic nitrogens is 6. The smallest absolute Gasteiger partial charge is 0.335 e. The average molecular weight is 1880 g/mol. The number of H-pyrrole nitrogens is 2. The second-order valence-corrected chi connectivity index (χ2v) is 32.3. The predicted molar refractivity (Wildman–Crippen MR) is 539 cm³/mol. The number of carbonyl (C=O) groups is 2. The molecule has 2 heterocycles. The van der Waals surface area contributed by atoms with Crippen molar-refractivity contribution < 1.29 is 58.8 Å². The number of carboxylic acids is 1. The number of aromatic hydroxyl groups is 2. The van der Waals surface area contributed by atoms with Gasteiger partial charge in [0.1, 0.15) is 51.4 Å². The Morgan fingerprint density at radius 3 is 1.07 bits per heavy atom. The fourth-order valence-electron chi connectivity index (χ4n) is 12.7. The summed E-state index contributed by atoms with van der Waals surface area (Å²) in [4.78, 5) is 24.4. The molecule has 30 nitrogen and oxygen atoms in total. The Kier molecular flexibility index (Phi) is 46.2. The lowest BCUT2D eigenvalue weighted by molar-refractivity contribution is 0.0695. The van der Waals surface area contributed by atoms with Crippen molar-refractivity contribution in [2.75, 3.05) is 58.6 Å². The van der Waals surface area contributed by atoms with Gasteiger partial charge in [-0.3, -0.25) is 46.7 Å². The van der Waals surface area contributed by atoms with Crippen LogP contribution in [-0.2, 0) is 0 Å². The molecule has 692 valence electrons. The normalized spacial score (nSPS) is 10.1. The highest BCUT2D eigenvalue weighted by Gasteiger charge is 2.22. The molecule has 0 unspecified atom stereocenters. The number of hydrogen-bond donors (Lipinski definition) is 16. The number of hydrazine groups is 4. The third kappa shape index (κ3) is 32.9. The summed E-state index contributed by atoms with van der Waals surface area (Å²) in [6.45, 7) is 28.9. The molecule has 1 amide bonds. The number of rotatable bonds is 20. The lowest BCUT2D eigenvalue weighted by Gasteiger charge is -2.16. The SMILES string of the molecule is COc1ccc(-n2c(-c3cc(C(C)C)c(C)cc3C)n[nH]c2=S)cc1.COc1ccc(-n2c(-c3cc(C(C)C)c(O)cc3O)n[nH]c2=S)cc1.COc1ccc(NC(=S)NN)cc1.COc1ccc(NC(=S)NN)cc1.COc1ccc(NC(=S)NNC(=O)c2cc(C(C)C)c(C)cc2C)cc1.COc1ccc(SC#N)cc1.Cc1cc(C)c(C(C)C)cc1C(=O)O.NN.O. The molecule has 130 heavy (non-hydrogen) atoms. The van der Waals surface area contributed by atoms with Crippen LogP contribution in [0, 0.1) is 61.7 Å². The highest BCUT2D eigenvalue weighted by Crippen LogP contribution is 2.39. The maximum absolute atomic E-state index is 12.5. The molecular weight excluding hydrogens is 1770 g/mol. The van der Waals surface area contributed by atoms with E-state index in [-0.39, 0.29) is 28.8 Å². The van der Waals surface area contributed by atoms with Crippen LogP contribution in [0.2, 0.25) is 0 Å². The van der Waals surface area contributed by atoms with Gasteiger partial charge in [0.05, 0.1) is 65.2 Å². The van der Waals surface area contributed by atoms with Crippen molar-refractivity contribution in [3.8, 4) is 85.5 Å². The Bertz CT molecular complexity index is 5610. The van der Waals surface area contributed by atoms with Crippen molar-refractivity contribution >= 4 is 117 Å². The van der Waals surface area contributed by atoms with Gasteiger partial charge in [-0.15, -0.1) is 0 Å². The summed E-state index contributed by atoms with van der Waals surface area (Å²) in [5.41, 5.74) is 27.9. The fourth-order valence-corrected chi connectivity index (χ4v) is 14.0. The number of aromatic carboxylic acids is 1. The third-order valence-corrected chi connectivity index (χ3v) is 21.0. The van der Waals surface area contributed by atoms with Gasteiger partial charge in [-0.1, -0.05) is 73.6 Å². The Hall–Kier alpha value is -13.0. The highest BCUT2D eigenvalue weighted by molar-refractivity contribution is 8.03. The molecule has 36 heteroatoms. The number of anilines is 3. The zero-order valence-corrected chi connectivity index (χ0v) is 81.3. The number of ether oxygens (including phenoxy) is 6. The van der Waals surface area contributed by atoms with E-state index >= 15 is 0 Å². The minimum Gasteiger partial charge on any atom is -0.508 e. The van der Waals surface area contributed by atoms with E-state index in [1.54, 1.807) is 59.4 Å². The summed E-state index contributed by atoms with van der Waals surface area (Å²) in [5, 5.41) is 64.0. The van der Waals surface area contributed by atoms with Crippen LogP contribution < -0.4 is 89.4 Å². The molecule has 2 aromatic heterocycles. The van der Waals surface area contributed by atoms with Gasteiger partial charge >= 0.3 is 5.97 Å². The zero-order chi connectivity index (χ0) is 95.9. The molecular formula is C94H118N18O12S6. The van der Waals surface area contributed by atoms with Crippen LogP contribution in [0.3, 0.4) is 0 Å². The molecule has 0 saturated heterocycles. The van der Waals surface area contributed by atoms with E-state index in [9.17, 15) is 19.8 Å². The van der Waals surface area contributed by atoms with Gasteiger partial charge in [-0.05, 0) is 364 Å². The number of hydrogen-bond acceptors (Lipinski definition) is 23. The van der Waals surface area contributed by atoms with Crippen molar-refractivity contribution in [1.82, 2.24) is 51.2 Å². The van der Waals surface area contributed by atoms with Crippen molar-refractivity contribution in [2.24, 2.45) is 23.4 Å². The molecule has 0 saturated carbocycles. The Balaban J connectivity index is 0.000000324. The second-order valence-electron chi connectivity index (χ2n) is 29.5. The first-order chi connectivity index (χ1) is 61.5. The molecule has 10 aromatic carbocycles. The van der Waals surface area contributed by atoms with Gasteiger partial charge in [0, 0.05) is 39.2 Å². The maximum Gasteiger partial charge on any atom is 0.335 e. The van der Waals surface area contributed by atoms with E-state index in [4.69, 9.17) is 112 Å². The number of amides is 1. The molecule has 0 aliphatic heterocycles. The van der Waals surface area contributed by atoms with Crippen LogP contribution in [0.5, 0.6) is 46.0 Å². The van der Waals surface area contributed by atoms with Crippen molar-refractivity contribution in [2.45, 2.75) is 125 Å². The Morgan fingerprint density at radius 2 is 0.731 bits per heavy atom. The van der Waals surface area contributed by atoms with Crippen LogP contribution in [0.1, 0.15) is 155 Å². The molecule has 0 atom stereocenters. The lowest BCUT2D eigenvalue weighted by Crippen LogP contribution is -2.44. The first-order valence-corrected chi connectivity index (χ1v) is 43.0. The molecule has 0 aliphatic rings. The molecule has 0 spiro atoms. The van der Waals surface area contributed by atoms with Gasteiger partial charge in [-0.2, -0.15) is 15.5 Å². The van der Waals surface area contributed by atoms with Crippen LogP contribution in [0.25, 0.3) is 34.2 Å². The highest BCUT2D eigenvalue weighted by atomic mass is 32.2. The summed E-state index contributed by atoms with van der Waals surface area (Å²) in [7, 11) is 9.73. The van der Waals surface area contributed by atoms with E-state index < -0.39 is 5.97 Å². The van der Waals surface area contributed by atoms with Crippen LogP contribution in [0.15, 0.2) is 199 Å². The van der Waals surface area contributed by atoms with Crippen LogP contribution >= 0.6 is 72.9 Å². The topological polar surface area (TPSA) is 461 Å². The standard InChI is InChI=1S/C20H25N3O2S.C20H23N3OS.C18H19N3O3S.C12H16O2.2C8H11N3OS.C8H7NOS.H4N2.H2O/c1-12(2)17-11-18(14(4)10-13(17)3)19(24)22-23-20(26)21-15-6-8-16(25-5)9-7-15;1-12(2)17-11-18(14(4)10-13(17)3)19-21-22-20(25)23(19)15-6-8-16(24-5)9-7-15;1-10(2)13-8-14(16(23)9-15(13)22)17-19-20-18(25)21(17)11-4-6-12(24-3)7-5-11;1-7(2)10-6-11(12(13)14)9(4)5-8(10)3;2*1-12-7-4-2-6(3-5-7)10-8(13)11-9;1-10-7-2-4-8(5-3-7)11-6-9;1-2;/h6-12H,1-5H3,(H,22,24)(H2,21,23,26);6-12H,1-5H3,(H,22,25);4-10,22-23H,1-3H3,(H,20,25);5-7H,1-4H3,(H,13,14);2*2-5H,9H2,1H3,(H2,10,11,13);2-5H,1H3;1-2H2;1H2. The largest absolute Gasteiger partial charge is 0.508 e. The van der Waals surface area contributed by atoms with Gasteiger partial charge in [-0.25, -0.2) is 16.5 Å². The number of phenolic OH excluding ortho intramolecular Hbond substituents is 2. The molecule has 22 N–H and O–H groups in total. The van der Waals surface area contributed by atoms with Gasteiger partial charge in [0.15, 0.2) is 36.5 Å². The summed E-state index contributed by atoms with van der Waals surface area (Å²) < 4.78 is 35.2. The number of phenols is 2. The summed E-state index contributed by atoms with van der Waals surface area (Å²) in [6.07, 6.45) is 0. The van der Waals surface area contributed by atoms with Crippen LogP contribution in [-0.4, -0.2) is 120 Å². The Labute approximate surface area is 790 Å². The van der Waals surface area contributed by atoms with E-state index in [1.807, 2.05) is 208 Å². The first kappa shape index (κ1) is 109. The second kappa shape index (κ2) is 55.0. The summed E-state index contributed by atoms with van der Waals surface area (Å²) in [5.74, 6) is 24.4. The summed E-state index contributed by atoms with van der Waals surface area (Å²) in [6, 6.07) is 59.9. The third-order valence-electron chi connectivity index (χ3n) is 19.3.